The number of hydrogen-bond donors (Lipinski definition) is 2. The van der Waals surface area contributed by atoms with Gasteiger partial charge in [0, 0.05) is 0 Å². The number of fused-ring (bicyclic) bond motifs is 2. The van der Waals surface area contributed by atoms with Crippen LogP contribution >= 0.6 is 0 Å². The van der Waals surface area contributed by atoms with Crippen molar-refractivity contribution in [1.82, 2.24) is 0 Å². The predicted molar refractivity (Wildman–Crippen MR) is 102 cm³/mol. The average molecular weight is 381 g/mol. The smallest absolute Gasteiger partial charge is 0.337 e. The summed E-state index contributed by atoms with van der Waals surface area (Å²) in [7, 11) is 0. The second-order valence-electron chi connectivity index (χ2n) is 6.64. The number of carboxylic acid groups (broad SMARTS) is 1. The molecule has 2 N–H and O–H groups in total. The molecule has 0 fully saturated rings. The van der Waals surface area contributed by atoms with E-state index in [1.54, 1.807) is 18.2 Å². The maximum Gasteiger partial charge on any atom is 0.337 e. The fourth-order valence-corrected chi connectivity index (χ4v) is 3.29. The predicted octanol–water partition coefficient (Wildman–Crippen LogP) is 5.69. The topological polar surface area (TPSA) is 58.6 Å². The van der Waals surface area contributed by atoms with E-state index in [1.165, 1.54) is 12.1 Å². The van der Waals surface area contributed by atoms with Gasteiger partial charge in [0.05, 0.1) is 16.9 Å². The number of nitrogens with one attached hydrogen (secondary N) is 1. The molecule has 4 rings (SSSR count). The Kier molecular flexibility index (Phi) is 4.69. The first-order valence-corrected chi connectivity index (χ1v) is 8.89. The number of aromatic carboxylic acids is 1. The Hall–Kier alpha value is -3.41. The number of carbonyl (C=O) groups is 1. The highest BCUT2D eigenvalue weighted by Crippen LogP contribution is 2.43. The van der Waals surface area contributed by atoms with E-state index >= 15 is 0 Å². The van der Waals surface area contributed by atoms with Crippen LogP contribution in [0.1, 0.15) is 27.9 Å². The summed E-state index contributed by atoms with van der Waals surface area (Å²) >= 11 is 0. The Morgan fingerprint density at radius 2 is 1.68 bits per heavy atom. The normalized spacial score (nSPS) is 11.8. The van der Waals surface area contributed by atoms with E-state index in [9.17, 15) is 18.7 Å². The number of rotatable bonds is 5. The van der Waals surface area contributed by atoms with Crippen LogP contribution in [0.25, 0.3) is 0 Å². The SMILES string of the molecule is O=C(O)c1cccc2c1Nc1cc(CCCc3ccc(F)c(F)c3)ccc1O2. The minimum Gasteiger partial charge on any atom is -0.478 e. The van der Waals surface area contributed by atoms with Gasteiger partial charge in [0.1, 0.15) is 0 Å². The summed E-state index contributed by atoms with van der Waals surface area (Å²) in [6, 6.07) is 14.5. The third-order valence-electron chi connectivity index (χ3n) is 4.70. The molecule has 0 spiro atoms. The van der Waals surface area contributed by atoms with Crippen LogP contribution in [0.2, 0.25) is 0 Å². The van der Waals surface area contributed by atoms with Gasteiger partial charge in [-0.25, -0.2) is 13.6 Å². The Morgan fingerprint density at radius 1 is 0.929 bits per heavy atom. The van der Waals surface area contributed by atoms with Crippen molar-refractivity contribution in [3.05, 3.63) is 82.9 Å². The summed E-state index contributed by atoms with van der Waals surface area (Å²) in [5.74, 6) is -1.61. The van der Waals surface area contributed by atoms with Crippen molar-refractivity contribution in [1.29, 1.82) is 0 Å². The molecular weight excluding hydrogens is 364 g/mol. The number of hydrogen-bond acceptors (Lipinski definition) is 3. The molecule has 0 radical (unpaired) electrons. The zero-order valence-corrected chi connectivity index (χ0v) is 14.8. The van der Waals surface area contributed by atoms with E-state index in [1.807, 2.05) is 18.2 Å². The van der Waals surface area contributed by atoms with Gasteiger partial charge in [-0.15, -0.1) is 0 Å². The van der Waals surface area contributed by atoms with E-state index in [0.717, 1.165) is 30.0 Å². The number of halogens is 2. The number of ether oxygens (including phenoxy) is 1. The van der Waals surface area contributed by atoms with E-state index in [4.69, 9.17) is 4.74 Å². The Balaban J connectivity index is 1.47. The molecule has 3 aromatic rings. The lowest BCUT2D eigenvalue weighted by Crippen LogP contribution is -2.09. The van der Waals surface area contributed by atoms with E-state index < -0.39 is 17.6 Å². The van der Waals surface area contributed by atoms with Gasteiger partial charge in [0.15, 0.2) is 23.1 Å². The van der Waals surface area contributed by atoms with E-state index in [2.05, 4.69) is 5.32 Å². The summed E-state index contributed by atoms with van der Waals surface area (Å²) in [5, 5.41) is 12.5. The molecule has 28 heavy (non-hydrogen) atoms. The molecule has 0 amide bonds. The lowest BCUT2D eigenvalue weighted by molar-refractivity contribution is 0.0697. The maximum absolute atomic E-state index is 13.3. The molecule has 3 aromatic carbocycles. The highest BCUT2D eigenvalue weighted by Gasteiger charge is 2.22. The summed E-state index contributed by atoms with van der Waals surface area (Å²) in [4.78, 5) is 11.4. The summed E-state index contributed by atoms with van der Waals surface area (Å²) in [5.41, 5.74) is 3.06. The number of benzene rings is 3. The largest absolute Gasteiger partial charge is 0.478 e. The summed E-state index contributed by atoms with van der Waals surface area (Å²) < 4.78 is 32.1. The third kappa shape index (κ3) is 3.53. The minimum atomic E-state index is -1.03. The van der Waals surface area contributed by atoms with Crippen LogP contribution in [-0.4, -0.2) is 11.1 Å². The van der Waals surface area contributed by atoms with Crippen LogP contribution in [0.3, 0.4) is 0 Å². The quantitative estimate of drug-likeness (QED) is 0.466. The molecule has 142 valence electrons. The van der Waals surface area contributed by atoms with Crippen molar-refractivity contribution < 1.29 is 23.4 Å². The minimum absolute atomic E-state index is 0.145. The van der Waals surface area contributed by atoms with Crippen LogP contribution in [0, 0.1) is 11.6 Å². The average Bonchev–Trinajstić information content (AvgIpc) is 2.68. The van der Waals surface area contributed by atoms with Gasteiger partial charge in [-0.05, 0) is 66.8 Å². The van der Waals surface area contributed by atoms with Gasteiger partial charge in [0.2, 0.25) is 0 Å². The first-order valence-electron chi connectivity index (χ1n) is 8.89. The molecule has 0 aromatic heterocycles. The van der Waals surface area contributed by atoms with E-state index in [-0.39, 0.29) is 5.56 Å². The van der Waals surface area contributed by atoms with Crippen LogP contribution in [0.15, 0.2) is 54.6 Å². The molecule has 1 heterocycles. The molecule has 0 saturated heterocycles. The standard InChI is InChI=1S/C22H17F2NO3/c23-16-9-7-13(11-17(16)24)3-1-4-14-8-10-19-18(12-14)25-21-15(22(26)27)5-2-6-20(21)28-19/h2,5-12,25H,1,3-4H2,(H,26,27). The Labute approximate surface area is 160 Å². The lowest BCUT2D eigenvalue weighted by Gasteiger charge is -2.23. The molecule has 1 aliphatic rings. The first kappa shape index (κ1) is 18.0. The van der Waals surface area contributed by atoms with Gasteiger partial charge < -0.3 is 15.2 Å². The van der Waals surface area contributed by atoms with Crippen molar-refractivity contribution in [3.8, 4) is 11.5 Å². The van der Waals surface area contributed by atoms with Crippen molar-refractivity contribution in [2.75, 3.05) is 5.32 Å². The molecule has 0 saturated carbocycles. The fraction of sp³-hybridized carbons (Fsp3) is 0.136. The van der Waals surface area contributed by atoms with Crippen LogP contribution in [0.5, 0.6) is 11.5 Å². The van der Waals surface area contributed by atoms with Crippen LogP contribution < -0.4 is 10.1 Å². The fourth-order valence-electron chi connectivity index (χ4n) is 3.29. The first-order chi connectivity index (χ1) is 13.5. The number of aryl methyl sites for hydroxylation is 2. The van der Waals surface area contributed by atoms with Crippen molar-refractivity contribution in [3.63, 3.8) is 0 Å². The van der Waals surface area contributed by atoms with Gasteiger partial charge in [-0.1, -0.05) is 18.2 Å². The van der Waals surface area contributed by atoms with Crippen LogP contribution in [-0.2, 0) is 12.8 Å². The van der Waals surface area contributed by atoms with Crippen molar-refractivity contribution >= 4 is 17.3 Å². The highest BCUT2D eigenvalue weighted by atomic mass is 19.2. The van der Waals surface area contributed by atoms with Crippen LogP contribution in [0.4, 0.5) is 20.2 Å². The third-order valence-corrected chi connectivity index (χ3v) is 4.70. The second-order valence-corrected chi connectivity index (χ2v) is 6.64. The maximum atomic E-state index is 13.3. The molecule has 0 bridgehead atoms. The van der Waals surface area contributed by atoms with Gasteiger partial charge >= 0.3 is 5.97 Å². The number of para-hydroxylation sites is 1. The lowest BCUT2D eigenvalue weighted by atomic mass is 10.0. The van der Waals surface area contributed by atoms with Gasteiger partial charge in [-0.3, -0.25) is 0 Å². The second kappa shape index (κ2) is 7.31. The Bertz CT molecular complexity index is 1070. The monoisotopic (exact) mass is 381 g/mol. The number of anilines is 2. The summed E-state index contributed by atoms with van der Waals surface area (Å²) in [6.45, 7) is 0. The van der Waals surface area contributed by atoms with Gasteiger partial charge in [-0.2, -0.15) is 0 Å². The molecule has 0 atom stereocenters. The van der Waals surface area contributed by atoms with E-state index in [0.29, 0.717) is 29.3 Å². The van der Waals surface area contributed by atoms with Gasteiger partial charge in [0.25, 0.3) is 0 Å². The zero-order valence-electron chi connectivity index (χ0n) is 14.8. The highest BCUT2D eigenvalue weighted by molar-refractivity contribution is 5.98. The Morgan fingerprint density at radius 3 is 2.43 bits per heavy atom. The summed E-state index contributed by atoms with van der Waals surface area (Å²) in [6.07, 6.45) is 2.13. The molecule has 4 nitrogen and oxygen atoms in total. The molecule has 0 unspecified atom stereocenters. The molecule has 0 aliphatic carbocycles. The van der Waals surface area contributed by atoms with Crippen molar-refractivity contribution in [2.24, 2.45) is 0 Å². The number of carboxylic acids is 1. The molecular formula is C22H17F2NO3. The molecule has 6 heteroatoms. The molecule has 1 aliphatic heterocycles. The van der Waals surface area contributed by atoms with Crippen molar-refractivity contribution in [2.45, 2.75) is 19.3 Å². The zero-order chi connectivity index (χ0) is 19.7.